The van der Waals surface area contributed by atoms with Crippen LogP contribution >= 0.6 is 15.9 Å². The molecule has 25 heavy (non-hydrogen) atoms. The van der Waals surface area contributed by atoms with E-state index in [9.17, 15) is 14.9 Å². The zero-order valence-electron chi connectivity index (χ0n) is 13.6. The molecule has 124 valence electrons. The van der Waals surface area contributed by atoms with E-state index in [0.29, 0.717) is 16.9 Å². The van der Waals surface area contributed by atoms with Gasteiger partial charge in [-0.05, 0) is 49.2 Å². The Hall–Kier alpha value is -2.91. The van der Waals surface area contributed by atoms with Crippen LogP contribution in [0.2, 0.25) is 0 Å². The zero-order chi connectivity index (χ0) is 18.1. The molecule has 0 radical (unpaired) electrons. The largest absolute Gasteiger partial charge is 0.321 e. The monoisotopic (exact) mass is 395 g/mol. The van der Waals surface area contributed by atoms with Gasteiger partial charge in [0.05, 0.1) is 5.57 Å². The molecule has 3 rings (SSSR count). The van der Waals surface area contributed by atoms with E-state index < -0.39 is 11.8 Å². The summed E-state index contributed by atoms with van der Waals surface area (Å²) in [6.07, 6.45) is 0. The zero-order valence-corrected chi connectivity index (χ0v) is 15.2. The van der Waals surface area contributed by atoms with Gasteiger partial charge in [0.15, 0.2) is 0 Å². The van der Waals surface area contributed by atoms with Crippen LogP contribution in [-0.4, -0.2) is 11.8 Å². The van der Waals surface area contributed by atoms with Crippen LogP contribution in [0.1, 0.15) is 16.7 Å². The number of amides is 2. The molecule has 6 heteroatoms. The van der Waals surface area contributed by atoms with Gasteiger partial charge in [0.1, 0.15) is 11.6 Å². The smallest absolute Gasteiger partial charge is 0.267 e. The number of halogens is 1. The lowest BCUT2D eigenvalue weighted by Gasteiger charge is -2.10. The third-order valence-electron chi connectivity index (χ3n) is 3.96. The highest BCUT2D eigenvalue weighted by Gasteiger charge is 2.30. The maximum atomic E-state index is 12.7. The number of hydrogen-bond donors (Lipinski definition) is 2. The molecule has 2 aromatic rings. The van der Waals surface area contributed by atoms with Gasteiger partial charge >= 0.3 is 0 Å². The standard InChI is InChI=1S/C19H14BrN3O2/c1-10-3-4-11(2)16(7-10)23-18(24)14(9-21)17-13-8-12(20)5-6-15(13)22-19(17)25/h3-8H,1-2H3,(H,22,25)(H,23,24)/b17-14-. The van der Waals surface area contributed by atoms with Gasteiger partial charge in [-0.3, -0.25) is 9.59 Å². The number of anilines is 2. The fourth-order valence-corrected chi connectivity index (χ4v) is 3.02. The van der Waals surface area contributed by atoms with E-state index in [1.807, 2.05) is 38.1 Å². The van der Waals surface area contributed by atoms with Crippen LogP contribution in [-0.2, 0) is 9.59 Å². The van der Waals surface area contributed by atoms with Gasteiger partial charge in [-0.2, -0.15) is 5.26 Å². The molecule has 2 N–H and O–H groups in total. The van der Waals surface area contributed by atoms with Crippen molar-refractivity contribution in [3.63, 3.8) is 0 Å². The van der Waals surface area contributed by atoms with E-state index in [2.05, 4.69) is 26.6 Å². The molecule has 0 bridgehead atoms. The fourth-order valence-electron chi connectivity index (χ4n) is 2.66. The second-order valence-corrected chi connectivity index (χ2v) is 6.69. The van der Waals surface area contributed by atoms with Gasteiger partial charge in [-0.1, -0.05) is 28.1 Å². The van der Waals surface area contributed by atoms with Gasteiger partial charge < -0.3 is 10.6 Å². The first-order chi connectivity index (χ1) is 11.9. The second kappa shape index (κ2) is 6.54. The highest BCUT2D eigenvalue weighted by molar-refractivity contribution is 9.10. The summed E-state index contributed by atoms with van der Waals surface area (Å²) in [5.41, 5.74) is 3.46. The summed E-state index contributed by atoms with van der Waals surface area (Å²) < 4.78 is 0.757. The average molecular weight is 396 g/mol. The lowest BCUT2D eigenvalue weighted by atomic mass is 10.0. The van der Waals surface area contributed by atoms with E-state index in [4.69, 9.17) is 0 Å². The molecule has 2 aromatic carbocycles. The van der Waals surface area contributed by atoms with Crippen molar-refractivity contribution in [2.75, 3.05) is 10.6 Å². The number of nitrogens with one attached hydrogen (secondary N) is 2. The molecule has 0 aliphatic carbocycles. The topological polar surface area (TPSA) is 82.0 Å². The maximum Gasteiger partial charge on any atom is 0.267 e. The third-order valence-corrected chi connectivity index (χ3v) is 4.45. The molecule has 0 atom stereocenters. The predicted octanol–water partition coefficient (Wildman–Crippen LogP) is 3.93. The van der Waals surface area contributed by atoms with Crippen molar-refractivity contribution < 1.29 is 9.59 Å². The molecule has 1 aliphatic rings. The SMILES string of the molecule is Cc1ccc(C)c(NC(=O)/C(C#N)=C2\C(=O)Nc3ccc(Br)cc32)c1. The van der Waals surface area contributed by atoms with Crippen LogP contribution in [0.25, 0.3) is 5.57 Å². The summed E-state index contributed by atoms with van der Waals surface area (Å²) in [5, 5.41) is 14.9. The number of carbonyl (C=O) groups excluding carboxylic acids is 2. The minimum atomic E-state index is -0.603. The summed E-state index contributed by atoms with van der Waals surface area (Å²) in [6, 6.07) is 12.8. The Morgan fingerprint density at radius 2 is 1.96 bits per heavy atom. The van der Waals surface area contributed by atoms with Crippen LogP contribution < -0.4 is 10.6 Å². The summed E-state index contributed by atoms with van der Waals surface area (Å²) in [4.78, 5) is 25.0. The summed E-state index contributed by atoms with van der Waals surface area (Å²) in [5.74, 6) is -1.06. The number of benzene rings is 2. The summed E-state index contributed by atoms with van der Waals surface area (Å²) in [6.45, 7) is 3.78. The van der Waals surface area contributed by atoms with Crippen molar-refractivity contribution in [3.8, 4) is 6.07 Å². The number of rotatable bonds is 2. The van der Waals surface area contributed by atoms with Gasteiger partial charge in [-0.25, -0.2) is 0 Å². The van der Waals surface area contributed by atoms with Crippen LogP contribution in [0.5, 0.6) is 0 Å². The quantitative estimate of drug-likeness (QED) is 0.596. The van der Waals surface area contributed by atoms with Crippen LogP contribution in [0, 0.1) is 25.2 Å². The van der Waals surface area contributed by atoms with Crippen LogP contribution in [0.15, 0.2) is 46.4 Å². The van der Waals surface area contributed by atoms with E-state index >= 15 is 0 Å². The minimum Gasteiger partial charge on any atom is -0.321 e. The number of nitriles is 1. The Balaban J connectivity index is 2.05. The van der Waals surface area contributed by atoms with Crippen LogP contribution in [0.4, 0.5) is 11.4 Å². The maximum absolute atomic E-state index is 12.7. The van der Waals surface area contributed by atoms with Crippen molar-refractivity contribution in [2.24, 2.45) is 0 Å². The molecule has 0 unspecified atom stereocenters. The van der Waals surface area contributed by atoms with Crippen molar-refractivity contribution >= 4 is 44.7 Å². The first-order valence-corrected chi connectivity index (χ1v) is 8.34. The molecule has 2 amide bonds. The number of carbonyl (C=O) groups is 2. The summed E-state index contributed by atoms with van der Waals surface area (Å²) in [7, 11) is 0. The molecule has 1 aliphatic heterocycles. The molecule has 5 nitrogen and oxygen atoms in total. The lowest BCUT2D eigenvalue weighted by molar-refractivity contribution is -0.113. The van der Waals surface area contributed by atoms with Crippen molar-refractivity contribution in [3.05, 3.63) is 63.1 Å². The van der Waals surface area contributed by atoms with E-state index in [1.165, 1.54) is 0 Å². The Morgan fingerprint density at radius 1 is 1.20 bits per heavy atom. The van der Waals surface area contributed by atoms with Crippen molar-refractivity contribution in [1.82, 2.24) is 0 Å². The minimum absolute atomic E-state index is 0.0848. The molecule has 0 spiro atoms. The number of aryl methyl sites for hydroxylation is 2. The summed E-state index contributed by atoms with van der Waals surface area (Å²) >= 11 is 3.35. The van der Waals surface area contributed by atoms with Gasteiger partial charge in [0.2, 0.25) is 0 Å². The average Bonchev–Trinajstić information content (AvgIpc) is 2.88. The molecular formula is C19H14BrN3O2. The molecule has 0 fully saturated rings. The normalized spacial score (nSPS) is 14.4. The van der Waals surface area contributed by atoms with Gasteiger partial charge in [0, 0.05) is 21.4 Å². The second-order valence-electron chi connectivity index (χ2n) is 5.78. The number of fused-ring (bicyclic) bond motifs is 1. The van der Waals surface area contributed by atoms with Crippen molar-refractivity contribution in [1.29, 1.82) is 5.26 Å². The van der Waals surface area contributed by atoms with E-state index in [0.717, 1.165) is 15.6 Å². The Kier molecular flexibility index (Phi) is 4.43. The van der Waals surface area contributed by atoms with E-state index in [-0.39, 0.29) is 11.1 Å². The third kappa shape index (κ3) is 3.19. The molecule has 0 saturated carbocycles. The molecule has 1 heterocycles. The first kappa shape index (κ1) is 16.9. The predicted molar refractivity (Wildman–Crippen MR) is 99.9 cm³/mol. The number of nitrogens with zero attached hydrogens (tertiary/aromatic N) is 1. The molecular weight excluding hydrogens is 382 g/mol. The van der Waals surface area contributed by atoms with E-state index in [1.54, 1.807) is 18.2 Å². The Morgan fingerprint density at radius 3 is 2.68 bits per heavy atom. The molecule has 0 saturated heterocycles. The van der Waals surface area contributed by atoms with Crippen LogP contribution in [0.3, 0.4) is 0 Å². The van der Waals surface area contributed by atoms with Crippen molar-refractivity contribution in [2.45, 2.75) is 13.8 Å². The fraction of sp³-hybridized carbons (Fsp3) is 0.105. The molecule has 0 aromatic heterocycles. The Labute approximate surface area is 153 Å². The van der Waals surface area contributed by atoms with Gasteiger partial charge in [0.25, 0.3) is 11.8 Å². The highest BCUT2D eigenvalue weighted by Crippen LogP contribution is 2.36. The van der Waals surface area contributed by atoms with Gasteiger partial charge in [-0.15, -0.1) is 0 Å². The highest BCUT2D eigenvalue weighted by atomic mass is 79.9. The lowest BCUT2D eigenvalue weighted by Crippen LogP contribution is -2.18. The first-order valence-electron chi connectivity index (χ1n) is 7.55. The number of hydrogen-bond acceptors (Lipinski definition) is 3. The Bertz CT molecular complexity index is 987.